The first-order valence-electron chi connectivity index (χ1n) is 7.72. The molecule has 122 valence electrons. The summed E-state index contributed by atoms with van der Waals surface area (Å²) in [7, 11) is 0. The van der Waals surface area contributed by atoms with Crippen molar-refractivity contribution in [2.24, 2.45) is 0 Å². The summed E-state index contributed by atoms with van der Waals surface area (Å²) in [5, 5.41) is 21.4. The van der Waals surface area contributed by atoms with Crippen LogP contribution in [-0.2, 0) is 4.79 Å². The van der Waals surface area contributed by atoms with Gasteiger partial charge in [-0.15, -0.1) is 0 Å². The van der Waals surface area contributed by atoms with E-state index in [1.54, 1.807) is 18.2 Å². The number of likely N-dealkylation sites (N-methyl/N-ethyl adjacent to an activating group) is 1. The SMILES string of the molecule is CCN(CC(=O)O)C1CC(Nc2cc(C(C)=O)ccc2C#N)C1. The van der Waals surface area contributed by atoms with Crippen LogP contribution in [0.3, 0.4) is 0 Å². The van der Waals surface area contributed by atoms with Crippen molar-refractivity contribution in [1.29, 1.82) is 5.26 Å². The number of carbonyl (C=O) groups excluding carboxylic acids is 1. The van der Waals surface area contributed by atoms with E-state index >= 15 is 0 Å². The Morgan fingerprint density at radius 1 is 1.43 bits per heavy atom. The fourth-order valence-electron chi connectivity index (χ4n) is 2.88. The van der Waals surface area contributed by atoms with Gasteiger partial charge < -0.3 is 10.4 Å². The molecule has 2 rings (SSSR count). The molecule has 0 unspecified atom stereocenters. The van der Waals surface area contributed by atoms with Gasteiger partial charge in [0.15, 0.2) is 5.78 Å². The first-order valence-corrected chi connectivity index (χ1v) is 7.72. The van der Waals surface area contributed by atoms with Crippen LogP contribution in [0.15, 0.2) is 18.2 Å². The van der Waals surface area contributed by atoms with Crippen molar-refractivity contribution < 1.29 is 14.7 Å². The third-order valence-electron chi connectivity index (χ3n) is 4.28. The van der Waals surface area contributed by atoms with Gasteiger partial charge in [-0.2, -0.15) is 5.26 Å². The van der Waals surface area contributed by atoms with Crippen molar-refractivity contribution in [1.82, 2.24) is 4.90 Å². The Kier molecular flexibility index (Phi) is 5.35. The molecule has 1 aromatic carbocycles. The minimum atomic E-state index is -0.816. The molecule has 0 bridgehead atoms. The van der Waals surface area contributed by atoms with Gasteiger partial charge in [0.25, 0.3) is 0 Å². The summed E-state index contributed by atoms with van der Waals surface area (Å²) in [4.78, 5) is 24.3. The molecular formula is C17H21N3O3. The second-order valence-electron chi connectivity index (χ2n) is 5.85. The zero-order valence-electron chi connectivity index (χ0n) is 13.4. The monoisotopic (exact) mass is 315 g/mol. The molecule has 0 atom stereocenters. The van der Waals surface area contributed by atoms with Gasteiger partial charge in [0.2, 0.25) is 0 Å². The molecule has 0 spiro atoms. The largest absolute Gasteiger partial charge is 0.480 e. The summed E-state index contributed by atoms with van der Waals surface area (Å²) < 4.78 is 0. The van der Waals surface area contributed by atoms with Gasteiger partial charge >= 0.3 is 5.97 Å². The molecule has 0 aromatic heterocycles. The lowest BCUT2D eigenvalue weighted by Gasteiger charge is -2.42. The second-order valence-corrected chi connectivity index (χ2v) is 5.85. The van der Waals surface area contributed by atoms with Crippen LogP contribution in [0.1, 0.15) is 42.6 Å². The number of Topliss-reactive ketones (excluding diaryl/α,β-unsaturated/α-hetero) is 1. The maximum Gasteiger partial charge on any atom is 0.317 e. The molecule has 1 saturated carbocycles. The number of rotatable bonds is 7. The number of nitrogens with one attached hydrogen (secondary N) is 1. The second kappa shape index (κ2) is 7.25. The molecule has 1 aliphatic carbocycles. The smallest absolute Gasteiger partial charge is 0.317 e. The summed E-state index contributed by atoms with van der Waals surface area (Å²) in [6.45, 7) is 4.20. The molecule has 1 fully saturated rings. The molecule has 2 N–H and O–H groups in total. The van der Waals surface area contributed by atoms with Crippen LogP contribution in [0.5, 0.6) is 0 Å². The highest BCUT2D eigenvalue weighted by atomic mass is 16.4. The van der Waals surface area contributed by atoms with E-state index in [1.165, 1.54) is 6.92 Å². The van der Waals surface area contributed by atoms with Crippen molar-refractivity contribution in [2.75, 3.05) is 18.4 Å². The standard InChI is InChI=1S/C17H21N3O3/c1-3-20(10-17(22)23)15-7-14(8-15)19-16-6-12(11(2)21)4-5-13(16)9-18/h4-6,14-15,19H,3,7-8,10H2,1-2H3,(H,22,23). The van der Waals surface area contributed by atoms with E-state index in [0.29, 0.717) is 23.4 Å². The first kappa shape index (κ1) is 17.0. The Hall–Kier alpha value is -2.39. The maximum atomic E-state index is 11.5. The van der Waals surface area contributed by atoms with E-state index in [-0.39, 0.29) is 24.4 Å². The average molecular weight is 315 g/mol. The number of carboxylic acids is 1. The summed E-state index contributed by atoms with van der Waals surface area (Å²) >= 11 is 0. The summed E-state index contributed by atoms with van der Waals surface area (Å²) in [6.07, 6.45) is 1.66. The van der Waals surface area contributed by atoms with Gasteiger partial charge in [-0.3, -0.25) is 14.5 Å². The van der Waals surface area contributed by atoms with E-state index < -0.39 is 5.97 Å². The Morgan fingerprint density at radius 2 is 2.13 bits per heavy atom. The van der Waals surface area contributed by atoms with Gasteiger partial charge in [0, 0.05) is 17.6 Å². The Morgan fingerprint density at radius 3 is 2.65 bits per heavy atom. The average Bonchev–Trinajstić information content (AvgIpc) is 2.47. The van der Waals surface area contributed by atoms with Crippen LogP contribution in [-0.4, -0.2) is 46.9 Å². The number of hydrogen-bond acceptors (Lipinski definition) is 5. The van der Waals surface area contributed by atoms with Crippen molar-refractivity contribution >= 4 is 17.4 Å². The fourth-order valence-corrected chi connectivity index (χ4v) is 2.88. The molecule has 0 heterocycles. The quantitative estimate of drug-likeness (QED) is 0.749. The number of nitrogens with zero attached hydrogens (tertiary/aromatic N) is 2. The maximum absolute atomic E-state index is 11.5. The van der Waals surface area contributed by atoms with Crippen molar-refractivity contribution in [3.63, 3.8) is 0 Å². The van der Waals surface area contributed by atoms with Crippen LogP contribution in [0, 0.1) is 11.3 Å². The minimum Gasteiger partial charge on any atom is -0.480 e. The van der Waals surface area contributed by atoms with Crippen molar-refractivity contribution in [2.45, 2.75) is 38.8 Å². The van der Waals surface area contributed by atoms with E-state index in [0.717, 1.165) is 12.8 Å². The predicted octanol–water partition coefficient (Wildman–Crippen LogP) is 2.11. The number of nitriles is 1. The number of carboxylic acid groups (broad SMARTS) is 1. The fraction of sp³-hybridized carbons (Fsp3) is 0.471. The molecule has 23 heavy (non-hydrogen) atoms. The lowest BCUT2D eigenvalue weighted by Crippen LogP contribution is -2.51. The summed E-state index contributed by atoms with van der Waals surface area (Å²) in [6, 6.07) is 7.58. The third-order valence-corrected chi connectivity index (χ3v) is 4.28. The van der Waals surface area contributed by atoms with Crippen LogP contribution in [0.2, 0.25) is 0 Å². The Balaban J connectivity index is 2.00. The normalized spacial score (nSPS) is 19.7. The predicted molar refractivity (Wildman–Crippen MR) is 86.5 cm³/mol. The first-order chi connectivity index (χ1) is 10.9. The highest BCUT2D eigenvalue weighted by Crippen LogP contribution is 2.30. The summed E-state index contributed by atoms with van der Waals surface area (Å²) in [5.74, 6) is -0.855. The number of ketones is 1. The highest BCUT2D eigenvalue weighted by molar-refractivity contribution is 5.95. The molecular weight excluding hydrogens is 294 g/mol. The third kappa shape index (κ3) is 4.08. The van der Waals surface area contributed by atoms with Gasteiger partial charge in [0.05, 0.1) is 17.8 Å². The molecule has 0 radical (unpaired) electrons. The molecule has 6 nitrogen and oxygen atoms in total. The lowest BCUT2D eigenvalue weighted by atomic mass is 9.85. The summed E-state index contributed by atoms with van der Waals surface area (Å²) in [5.41, 5.74) is 1.75. The number of benzene rings is 1. The van der Waals surface area contributed by atoms with Gasteiger partial charge in [0.1, 0.15) is 6.07 Å². The molecule has 1 aromatic rings. The van der Waals surface area contributed by atoms with Gasteiger partial charge in [-0.1, -0.05) is 6.92 Å². The topological polar surface area (TPSA) is 93.4 Å². The number of aliphatic carboxylic acids is 1. The minimum absolute atomic E-state index is 0.0392. The molecule has 0 amide bonds. The number of carbonyl (C=O) groups is 2. The Bertz CT molecular complexity index is 645. The van der Waals surface area contributed by atoms with Crippen LogP contribution in [0.25, 0.3) is 0 Å². The molecule has 0 saturated heterocycles. The highest BCUT2D eigenvalue weighted by Gasteiger charge is 2.34. The van der Waals surface area contributed by atoms with Crippen LogP contribution < -0.4 is 5.32 Å². The number of hydrogen-bond donors (Lipinski definition) is 2. The van der Waals surface area contributed by atoms with Gasteiger partial charge in [-0.25, -0.2) is 0 Å². The molecule has 0 aliphatic heterocycles. The number of anilines is 1. The van der Waals surface area contributed by atoms with Gasteiger partial charge in [-0.05, 0) is 44.5 Å². The Labute approximate surface area is 135 Å². The van der Waals surface area contributed by atoms with Crippen LogP contribution in [0.4, 0.5) is 5.69 Å². The molecule has 1 aliphatic rings. The zero-order chi connectivity index (χ0) is 17.0. The lowest BCUT2D eigenvalue weighted by molar-refractivity contribution is -0.139. The van der Waals surface area contributed by atoms with E-state index in [1.807, 2.05) is 11.8 Å². The van der Waals surface area contributed by atoms with Crippen molar-refractivity contribution in [3.05, 3.63) is 29.3 Å². The van der Waals surface area contributed by atoms with E-state index in [9.17, 15) is 14.9 Å². The van der Waals surface area contributed by atoms with E-state index in [4.69, 9.17) is 5.11 Å². The zero-order valence-corrected chi connectivity index (χ0v) is 13.4. The van der Waals surface area contributed by atoms with Crippen molar-refractivity contribution in [3.8, 4) is 6.07 Å². The van der Waals surface area contributed by atoms with E-state index in [2.05, 4.69) is 11.4 Å². The van der Waals surface area contributed by atoms with Crippen LogP contribution >= 0.6 is 0 Å². The molecule has 6 heteroatoms.